The SMILES string of the molecule is CCOC(=O)Cc1cnc(Cl)cc1F. The second-order valence-electron chi connectivity index (χ2n) is 2.58. The zero-order valence-electron chi connectivity index (χ0n) is 7.59. The molecule has 0 aliphatic carbocycles. The van der Waals surface area contributed by atoms with Crippen molar-refractivity contribution in [3.05, 3.63) is 28.8 Å². The average molecular weight is 218 g/mol. The quantitative estimate of drug-likeness (QED) is 0.574. The zero-order chi connectivity index (χ0) is 10.6. The van der Waals surface area contributed by atoms with Gasteiger partial charge in [-0.25, -0.2) is 9.37 Å². The van der Waals surface area contributed by atoms with Gasteiger partial charge >= 0.3 is 5.97 Å². The first-order valence-electron chi connectivity index (χ1n) is 4.09. The average Bonchev–Trinajstić information content (AvgIpc) is 2.10. The largest absolute Gasteiger partial charge is 0.466 e. The van der Waals surface area contributed by atoms with E-state index < -0.39 is 11.8 Å². The Bertz CT molecular complexity index is 344. The molecule has 0 saturated carbocycles. The summed E-state index contributed by atoms with van der Waals surface area (Å²) in [5.74, 6) is -1.02. The molecule has 0 aromatic carbocycles. The lowest BCUT2D eigenvalue weighted by Crippen LogP contribution is -2.09. The molecule has 0 N–H and O–H groups in total. The van der Waals surface area contributed by atoms with E-state index >= 15 is 0 Å². The lowest BCUT2D eigenvalue weighted by Gasteiger charge is -2.02. The molecule has 0 amide bonds. The molecule has 0 saturated heterocycles. The van der Waals surface area contributed by atoms with Gasteiger partial charge in [0.2, 0.25) is 0 Å². The van der Waals surface area contributed by atoms with Gasteiger partial charge in [-0.05, 0) is 6.92 Å². The predicted octanol–water partition coefficient (Wildman–Crippen LogP) is 1.98. The minimum Gasteiger partial charge on any atom is -0.466 e. The highest BCUT2D eigenvalue weighted by Gasteiger charge is 2.09. The lowest BCUT2D eigenvalue weighted by atomic mass is 10.2. The number of hydrogen-bond acceptors (Lipinski definition) is 3. The highest BCUT2D eigenvalue weighted by molar-refractivity contribution is 6.29. The number of pyridine rings is 1. The molecule has 1 rings (SSSR count). The summed E-state index contributed by atoms with van der Waals surface area (Å²) in [5.41, 5.74) is 0.188. The van der Waals surface area contributed by atoms with Crippen molar-refractivity contribution in [3.8, 4) is 0 Å². The number of ether oxygens (including phenoxy) is 1. The van der Waals surface area contributed by atoms with Crippen molar-refractivity contribution in [2.24, 2.45) is 0 Å². The number of halogens is 2. The number of carbonyl (C=O) groups is 1. The molecule has 0 unspecified atom stereocenters. The van der Waals surface area contributed by atoms with Crippen molar-refractivity contribution in [3.63, 3.8) is 0 Å². The summed E-state index contributed by atoms with van der Waals surface area (Å²) in [7, 11) is 0. The van der Waals surface area contributed by atoms with Crippen LogP contribution in [-0.4, -0.2) is 17.6 Å². The van der Waals surface area contributed by atoms with Gasteiger partial charge in [-0.15, -0.1) is 0 Å². The molecule has 1 aromatic heterocycles. The van der Waals surface area contributed by atoms with Gasteiger partial charge in [0.1, 0.15) is 11.0 Å². The molecular weight excluding hydrogens is 209 g/mol. The van der Waals surface area contributed by atoms with Crippen LogP contribution >= 0.6 is 11.6 Å². The Morgan fingerprint density at radius 1 is 1.71 bits per heavy atom. The molecule has 0 radical (unpaired) electrons. The first-order valence-corrected chi connectivity index (χ1v) is 4.46. The monoisotopic (exact) mass is 217 g/mol. The zero-order valence-corrected chi connectivity index (χ0v) is 8.34. The van der Waals surface area contributed by atoms with Crippen LogP contribution in [0.3, 0.4) is 0 Å². The summed E-state index contributed by atoms with van der Waals surface area (Å²) < 4.78 is 17.8. The van der Waals surface area contributed by atoms with Crippen molar-refractivity contribution in [1.29, 1.82) is 0 Å². The van der Waals surface area contributed by atoms with Crippen LogP contribution < -0.4 is 0 Å². The van der Waals surface area contributed by atoms with E-state index in [4.69, 9.17) is 11.6 Å². The Kier molecular flexibility index (Phi) is 3.83. The Hall–Kier alpha value is -1.16. The smallest absolute Gasteiger partial charge is 0.310 e. The Labute approximate surface area is 85.9 Å². The molecule has 0 aliphatic heterocycles. The van der Waals surface area contributed by atoms with Crippen LogP contribution in [0.15, 0.2) is 12.3 Å². The molecule has 3 nitrogen and oxygen atoms in total. The van der Waals surface area contributed by atoms with E-state index in [2.05, 4.69) is 9.72 Å². The van der Waals surface area contributed by atoms with Crippen molar-refractivity contribution < 1.29 is 13.9 Å². The fraction of sp³-hybridized carbons (Fsp3) is 0.333. The molecule has 0 fully saturated rings. The van der Waals surface area contributed by atoms with Gasteiger partial charge < -0.3 is 4.74 Å². The van der Waals surface area contributed by atoms with E-state index in [1.165, 1.54) is 6.20 Å². The third-order valence-corrected chi connectivity index (χ3v) is 1.74. The number of carbonyl (C=O) groups excluding carboxylic acids is 1. The highest BCUT2D eigenvalue weighted by atomic mass is 35.5. The molecular formula is C9H9ClFNO2. The minimum atomic E-state index is -0.543. The second kappa shape index (κ2) is 4.91. The van der Waals surface area contributed by atoms with Crippen molar-refractivity contribution in [2.45, 2.75) is 13.3 Å². The fourth-order valence-electron chi connectivity index (χ4n) is 0.933. The molecule has 76 valence electrons. The molecule has 0 atom stereocenters. The second-order valence-corrected chi connectivity index (χ2v) is 2.97. The standard InChI is InChI=1S/C9H9ClFNO2/c1-2-14-9(13)3-6-5-12-8(10)4-7(6)11/h4-5H,2-3H2,1H3. The molecule has 14 heavy (non-hydrogen) atoms. The van der Waals surface area contributed by atoms with Gasteiger partial charge in [0.25, 0.3) is 0 Å². The minimum absolute atomic E-state index is 0.0649. The Morgan fingerprint density at radius 3 is 3.00 bits per heavy atom. The van der Waals surface area contributed by atoms with Crippen LogP contribution in [0, 0.1) is 5.82 Å². The maximum Gasteiger partial charge on any atom is 0.310 e. The summed E-state index contributed by atoms with van der Waals surface area (Å²) in [6.07, 6.45) is 1.11. The molecule has 0 aliphatic rings. The molecule has 5 heteroatoms. The topological polar surface area (TPSA) is 39.2 Å². The van der Waals surface area contributed by atoms with Crippen molar-refractivity contribution >= 4 is 17.6 Å². The lowest BCUT2D eigenvalue weighted by molar-refractivity contribution is -0.142. The molecule has 0 bridgehead atoms. The van der Waals surface area contributed by atoms with E-state index in [0.29, 0.717) is 0 Å². The van der Waals surface area contributed by atoms with E-state index in [1.54, 1.807) is 6.92 Å². The van der Waals surface area contributed by atoms with Crippen LogP contribution in [0.2, 0.25) is 5.15 Å². The van der Waals surface area contributed by atoms with Gasteiger partial charge in [0.05, 0.1) is 13.0 Å². The van der Waals surface area contributed by atoms with Crippen LogP contribution in [0.5, 0.6) is 0 Å². The maximum absolute atomic E-state index is 13.1. The van der Waals surface area contributed by atoms with Crippen LogP contribution in [-0.2, 0) is 16.0 Å². The number of rotatable bonds is 3. The summed E-state index contributed by atoms with van der Waals surface area (Å²) in [6.45, 7) is 1.97. The third-order valence-electron chi connectivity index (χ3n) is 1.54. The maximum atomic E-state index is 13.1. The summed E-state index contributed by atoms with van der Waals surface area (Å²) in [4.78, 5) is 14.7. The van der Waals surface area contributed by atoms with Crippen LogP contribution in [0.4, 0.5) is 4.39 Å². The summed E-state index contributed by atoms with van der Waals surface area (Å²) >= 11 is 5.45. The van der Waals surface area contributed by atoms with Crippen LogP contribution in [0.25, 0.3) is 0 Å². The van der Waals surface area contributed by atoms with Gasteiger partial charge in [-0.2, -0.15) is 0 Å². The van der Waals surface area contributed by atoms with E-state index in [9.17, 15) is 9.18 Å². The van der Waals surface area contributed by atoms with Gasteiger partial charge in [0, 0.05) is 17.8 Å². The molecule has 1 aromatic rings. The Balaban J connectivity index is 2.72. The van der Waals surface area contributed by atoms with E-state index in [1.807, 2.05) is 0 Å². The summed E-state index contributed by atoms with van der Waals surface area (Å²) in [6, 6.07) is 1.07. The first-order chi connectivity index (χ1) is 6.63. The first kappa shape index (κ1) is 10.9. The fourth-order valence-corrected chi connectivity index (χ4v) is 1.08. The summed E-state index contributed by atoms with van der Waals surface area (Å²) in [5, 5.41) is 0.0649. The Morgan fingerprint density at radius 2 is 2.43 bits per heavy atom. The molecule has 1 heterocycles. The van der Waals surface area contributed by atoms with Gasteiger partial charge in [-0.1, -0.05) is 11.6 Å². The molecule has 0 spiro atoms. The van der Waals surface area contributed by atoms with Gasteiger partial charge in [-0.3, -0.25) is 4.79 Å². The van der Waals surface area contributed by atoms with E-state index in [0.717, 1.165) is 6.07 Å². The van der Waals surface area contributed by atoms with E-state index in [-0.39, 0.29) is 23.7 Å². The number of nitrogens with zero attached hydrogens (tertiary/aromatic N) is 1. The number of hydrogen-bond donors (Lipinski definition) is 0. The number of esters is 1. The number of aromatic nitrogens is 1. The highest BCUT2D eigenvalue weighted by Crippen LogP contribution is 2.12. The van der Waals surface area contributed by atoms with Crippen molar-refractivity contribution in [1.82, 2.24) is 4.98 Å². The van der Waals surface area contributed by atoms with Crippen LogP contribution in [0.1, 0.15) is 12.5 Å². The van der Waals surface area contributed by atoms with Crippen molar-refractivity contribution in [2.75, 3.05) is 6.61 Å². The predicted molar refractivity (Wildman–Crippen MR) is 49.5 cm³/mol. The third kappa shape index (κ3) is 2.96. The normalized spacial score (nSPS) is 9.93. The van der Waals surface area contributed by atoms with Gasteiger partial charge in [0.15, 0.2) is 0 Å².